The number of hydrogen-bond acceptors (Lipinski definition) is 6. The molecule has 1 spiro atoms. The first kappa shape index (κ1) is 26.3. The zero-order valence-electron chi connectivity index (χ0n) is 22.2. The quantitative estimate of drug-likeness (QED) is 0.419. The number of benzene rings is 2. The van der Waals surface area contributed by atoms with Crippen LogP contribution in [0.4, 0.5) is 10.2 Å². The molecule has 7 nitrogen and oxygen atoms in total. The second-order valence-electron chi connectivity index (χ2n) is 11.1. The summed E-state index contributed by atoms with van der Waals surface area (Å²) >= 11 is 7.92. The molecule has 2 aromatic carbocycles. The van der Waals surface area contributed by atoms with Crippen LogP contribution in [0.15, 0.2) is 46.6 Å². The molecule has 1 amide bonds. The molecule has 39 heavy (non-hydrogen) atoms. The summed E-state index contributed by atoms with van der Waals surface area (Å²) in [5.41, 5.74) is 3.13. The molecule has 2 saturated heterocycles. The van der Waals surface area contributed by atoms with E-state index in [1.54, 1.807) is 28.5 Å². The summed E-state index contributed by atoms with van der Waals surface area (Å²) < 4.78 is 21.5. The summed E-state index contributed by atoms with van der Waals surface area (Å²) in [5, 5.41) is 0.955. The van der Waals surface area contributed by atoms with Gasteiger partial charge in [0.25, 0.3) is 0 Å². The molecule has 6 rings (SSSR count). The number of carbonyl (C=O) groups excluding carboxylic acids is 1. The van der Waals surface area contributed by atoms with Crippen LogP contribution in [-0.2, 0) is 16.1 Å². The van der Waals surface area contributed by atoms with E-state index < -0.39 is 5.82 Å². The van der Waals surface area contributed by atoms with E-state index in [2.05, 4.69) is 22.5 Å². The lowest BCUT2D eigenvalue weighted by molar-refractivity contribution is -0.130. The molecule has 0 unspecified atom stereocenters. The van der Waals surface area contributed by atoms with Crippen LogP contribution in [0.1, 0.15) is 19.4 Å². The highest BCUT2D eigenvalue weighted by Crippen LogP contribution is 2.48. The molecule has 0 saturated carbocycles. The number of anilines is 1. The molecule has 10 heteroatoms. The summed E-state index contributed by atoms with van der Waals surface area (Å²) in [6.45, 7) is 12.5. The number of rotatable bonds is 3. The second kappa shape index (κ2) is 9.64. The summed E-state index contributed by atoms with van der Waals surface area (Å²) in [6.07, 6.45) is 1.35. The van der Waals surface area contributed by atoms with Crippen molar-refractivity contribution in [2.24, 2.45) is 5.41 Å². The van der Waals surface area contributed by atoms with Gasteiger partial charge in [-0.25, -0.2) is 9.18 Å². The molecule has 2 fully saturated rings. The highest BCUT2D eigenvalue weighted by molar-refractivity contribution is 7.99. The van der Waals surface area contributed by atoms with Crippen LogP contribution in [0.5, 0.6) is 0 Å². The molecular formula is C29H30ClFN4O3S. The number of nitrogens with zero attached hydrogens (tertiary/aromatic N) is 4. The van der Waals surface area contributed by atoms with E-state index in [1.165, 1.54) is 12.1 Å². The third kappa shape index (κ3) is 4.26. The van der Waals surface area contributed by atoms with Gasteiger partial charge in [-0.3, -0.25) is 9.36 Å². The molecule has 204 valence electrons. The number of halogens is 2. The molecule has 0 N–H and O–H groups in total. The first-order valence-corrected chi connectivity index (χ1v) is 14.4. The maximum atomic E-state index is 14.1. The number of ether oxygens (including phenoxy) is 1. The summed E-state index contributed by atoms with van der Waals surface area (Å²) in [4.78, 5) is 35.8. The Kier molecular flexibility index (Phi) is 6.51. The van der Waals surface area contributed by atoms with Crippen molar-refractivity contribution in [2.45, 2.75) is 44.3 Å². The number of piperazine rings is 1. The number of carbonyl (C=O) groups is 1. The standard InChI is InChI=1S/C29H30ClFN4O3S/c1-5-23(36)35-17(3)10-33(11-18(35)4)27-20-8-16(2)24(19-6-7-22(31)21(30)9-19)26-25(20)34(28(37)32-27)12-29(15-39-26)13-38-14-29/h5-9,17-18H,1,10-15H2,2-4H3/t17-,18+. The smallest absolute Gasteiger partial charge is 0.350 e. The second-order valence-corrected chi connectivity index (χ2v) is 12.5. The molecule has 4 heterocycles. The van der Waals surface area contributed by atoms with Gasteiger partial charge in [0.15, 0.2) is 0 Å². The van der Waals surface area contributed by atoms with Gasteiger partial charge in [-0.1, -0.05) is 24.2 Å². The average molecular weight is 569 g/mol. The SMILES string of the molecule is C=CC(=O)N1[C@H](C)CN(c2nc(=O)n3c4c(c(-c5ccc(F)c(Cl)c5)c(C)cc24)SCC2(COC2)C3)C[C@@H]1C. The predicted molar refractivity (Wildman–Crippen MR) is 153 cm³/mol. The first-order chi connectivity index (χ1) is 18.6. The molecular weight excluding hydrogens is 539 g/mol. The Labute approximate surface area is 235 Å². The fraction of sp³-hybridized carbons (Fsp3) is 0.414. The lowest BCUT2D eigenvalue weighted by Crippen LogP contribution is -2.58. The van der Waals surface area contributed by atoms with Gasteiger partial charge in [-0.05, 0) is 56.2 Å². The monoisotopic (exact) mass is 568 g/mol. The maximum absolute atomic E-state index is 14.1. The lowest BCUT2D eigenvalue weighted by Gasteiger charge is -2.44. The number of amides is 1. The highest BCUT2D eigenvalue weighted by Gasteiger charge is 2.43. The van der Waals surface area contributed by atoms with Crippen molar-refractivity contribution in [1.29, 1.82) is 0 Å². The Morgan fingerprint density at radius 3 is 2.59 bits per heavy atom. The van der Waals surface area contributed by atoms with Crippen molar-refractivity contribution in [2.75, 3.05) is 37.0 Å². The Hall–Kier alpha value is -2.88. The van der Waals surface area contributed by atoms with Crippen molar-refractivity contribution in [1.82, 2.24) is 14.5 Å². The summed E-state index contributed by atoms with van der Waals surface area (Å²) in [7, 11) is 0. The minimum Gasteiger partial charge on any atom is -0.380 e. The van der Waals surface area contributed by atoms with E-state index >= 15 is 0 Å². The number of aromatic nitrogens is 2. The fourth-order valence-corrected chi connectivity index (χ4v) is 7.94. The van der Waals surface area contributed by atoms with Crippen LogP contribution in [0.3, 0.4) is 0 Å². The minimum atomic E-state index is -0.469. The third-order valence-corrected chi connectivity index (χ3v) is 9.82. The molecule has 1 aromatic heterocycles. The number of aryl methyl sites for hydroxylation is 1. The molecule has 3 aromatic rings. The van der Waals surface area contributed by atoms with Crippen molar-refractivity contribution in [3.8, 4) is 11.1 Å². The first-order valence-electron chi connectivity index (χ1n) is 13.1. The Balaban J connectivity index is 1.57. The van der Waals surface area contributed by atoms with Crippen LogP contribution >= 0.6 is 23.4 Å². The van der Waals surface area contributed by atoms with Crippen LogP contribution in [0.25, 0.3) is 22.0 Å². The van der Waals surface area contributed by atoms with Gasteiger partial charge in [0.2, 0.25) is 5.91 Å². The fourth-order valence-electron chi connectivity index (χ4n) is 6.27. The molecule has 2 atom stereocenters. The highest BCUT2D eigenvalue weighted by atomic mass is 35.5. The van der Waals surface area contributed by atoms with Crippen LogP contribution in [-0.4, -0.2) is 64.5 Å². The van der Waals surface area contributed by atoms with Gasteiger partial charge in [-0.15, -0.1) is 11.8 Å². The molecule has 0 bridgehead atoms. The van der Waals surface area contributed by atoms with Crippen molar-refractivity contribution >= 4 is 46.0 Å². The maximum Gasteiger partial charge on any atom is 0.350 e. The van der Waals surface area contributed by atoms with Gasteiger partial charge in [0.05, 0.1) is 23.8 Å². The van der Waals surface area contributed by atoms with Crippen molar-refractivity contribution < 1.29 is 13.9 Å². The predicted octanol–water partition coefficient (Wildman–Crippen LogP) is 4.90. The number of hydrogen-bond donors (Lipinski definition) is 0. The van der Waals surface area contributed by atoms with Gasteiger partial charge in [-0.2, -0.15) is 4.98 Å². The summed E-state index contributed by atoms with van der Waals surface area (Å²) in [5.74, 6) is 0.855. The van der Waals surface area contributed by atoms with Crippen LogP contribution in [0.2, 0.25) is 5.02 Å². The summed E-state index contributed by atoms with van der Waals surface area (Å²) in [6, 6.07) is 6.69. The lowest BCUT2D eigenvalue weighted by atomic mass is 9.88. The van der Waals surface area contributed by atoms with E-state index in [0.29, 0.717) is 38.7 Å². The largest absolute Gasteiger partial charge is 0.380 e. The molecule has 3 aliphatic rings. The van der Waals surface area contributed by atoms with Gasteiger partial charge in [0, 0.05) is 58.7 Å². The van der Waals surface area contributed by atoms with Crippen molar-refractivity contribution in [3.05, 3.63) is 63.8 Å². The third-order valence-electron chi connectivity index (χ3n) is 8.08. The van der Waals surface area contributed by atoms with E-state index in [-0.39, 0.29) is 34.1 Å². The topological polar surface area (TPSA) is 67.7 Å². The van der Waals surface area contributed by atoms with Gasteiger partial charge >= 0.3 is 5.69 Å². The van der Waals surface area contributed by atoms with E-state index in [4.69, 9.17) is 16.3 Å². The van der Waals surface area contributed by atoms with Crippen LogP contribution < -0.4 is 10.6 Å². The van der Waals surface area contributed by atoms with E-state index in [9.17, 15) is 14.0 Å². The Morgan fingerprint density at radius 1 is 1.26 bits per heavy atom. The molecule has 3 aliphatic heterocycles. The minimum absolute atomic E-state index is 0.0596. The Bertz CT molecular complexity index is 1580. The van der Waals surface area contributed by atoms with Crippen molar-refractivity contribution in [3.63, 3.8) is 0 Å². The van der Waals surface area contributed by atoms with Gasteiger partial charge < -0.3 is 14.5 Å². The molecule has 0 radical (unpaired) electrons. The average Bonchev–Trinajstić information content (AvgIpc) is 3.06. The number of thioether (sulfide) groups is 1. The van der Waals surface area contributed by atoms with E-state index in [0.717, 1.165) is 38.2 Å². The van der Waals surface area contributed by atoms with Gasteiger partial charge in [0.1, 0.15) is 11.6 Å². The zero-order chi connectivity index (χ0) is 27.6. The van der Waals surface area contributed by atoms with E-state index in [1.807, 2.05) is 25.7 Å². The zero-order valence-corrected chi connectivity index (χ0v) is 23.7. The normalized spacial score (nSPS) is 22.1. The van der Waals surface area contributed by atoms with Crippen LogP contribution in [0, 0.1) is 18.2 Å². The molecule has 0 aliphatic carbocycles. The Morgan fingerprint density at radius 2 is 1.97 bits per heavy atom.